The van der Waals surface area contributed by atoms with Gasteiger partial charge in [-0.2, -0.15) is 0 Å². The molecule has 0 aromatic heterocycles. The van der Waals surface area contributed by atoms with Gasteiger partial charge in [-0.1, -0.05) is 83.9 Å². The van der Waals surface area contributed by atoms with Gasteiger partial charge in [-0.15, -0.1) is 0 Å². The zero-order valence-electron chi connectivity index (χ0n) is 21.9. The molecule has 0 N–H and O–H groups in total. The zero-order valence-corrected chi connectivity index (χ0v) is 23.4. The monoisotopic (exact) mass is 578 g/mol. The fourth-order valence-corrected chi connectivity index (χ4v) is 6.55. The summed E-state index contributed by atoms with van der Waals surface area (Å²) in [6, 6.07) is 20.4. The molecule has 0 unspecified atom stereocenters. The Hall–Kier alpha value is -4.52. The molecule has 0 fully saturated rings. The molecule has 1 aliphatic heterocycles. The van der Waals surface area contributed by atoms with Gasteiger partial charge in [0.2, 0.25) is 0 Å². The minimum atomic E-state index is -0.279. The number of benzene rings is 4. The maximum absolute atomic E-state index is 13.8. The third-order valence-corrected chi connectivity index (χ3v) is 8.87. The van der Waals surface area contributed by atoms with E-state index in [4.69, 9.17) is 23.2 Å². The number of fused-ring (bicyclic) bond motifs is 4. The lowest BCUT2D eigenvalue weighted by molar-refractivity contribution is 0.0979. The normalized spacial score (nSPS) is 15.7. The summed E-state index contributed by atoms with van der Waals surface area (Å²) in [5, 5.41) is 0.267. The lowest BCUT2D eigenvalue weighted by atomic mass is 9.82. The number of halogens is 2. The van der Waals surface area contributed by atoms with E-state index in [9.17, 15) is 19.2 Å². The smallest absolute Gasteiger partial charge is 0.196 e. The molecule has 4 aromatic carbocycles. The number of nitrogens with zero attached hydrogens (tertiary/aromatic N) is 2. The highest BCUT2D eigenvalue weighted by molar-refractivity contribution is 6.43. The van der Waals surface area contributed by atoms with Crippen molar-refractivity contribution in [2.24, 2.45) is 0 Å². The number of hydrogen-bond acceptors (Lipinski definition) is 6. The average molecular weight is 579 g/mol. The molecule has 0 radical (unpaired) electrons. The Morgan fingerprint density at radius 2 is 0.829 bits per heavy atom. The minimum Gasteiger partial charge on any atom is -0.310 e. The minimum absolute atomic E-state index is 0.0541. The largest absolute Gasteiger partial charge is 0.310 e. The second-order valence-corrected chi connectivity index (χ2v) is 11.0. The van der Waals surface area contributed by atoms with Crippen molar-refractivity contribution < 1.29 is 19.2 Å². The van der Waals surface area contributed by atoms with Crippen LogP contribution >= 0.6 is 23.2 Å². The molecule has 41 heavy (non-hydrogen) atoms. The molecule has 6 nitrogen and oxygen atoms in total. The number of ketones is 4. The lowest BCUT2D eigenvalue weighted by Crippen LogP contribution is -2.33. The molecule has 3 aliphatic rings. The first-order valence-corrected chi connectivity index (χ1v) is 13.7. The Bertz CT molecular complexity index is 1820. The van der Waals surface area contributed by atoms with Crippen LogP contribution in [0.3, 0.4) is 0 Å². The number of aryl methyl sites for hydroxylation is 2. The molecular weight excluding hydrogens is 559 g/mol. The van der Waals surface area contributed by atoms with E-state index in [0.717, 1.165) is 11.1 Å². The van der Waals surface area contributed by atoms with Crippen molar-refractivity contribution in [2.75, 3.05) is 16.5 Å². The first kappa shape index (κ1) is 25.4. The van der Waals surface area contributed by atoms with Crippen molar-refractivity contribution in [1.29, 1.82) is 0 Å². The van der Waals surface area contributed by atoms with Crippen LogP contribution < -0.4 is 9.80 Å². The molecule has 0 saturated heterocycles. The summed E-state index contributed by atoms with van der Waals surface area (Å²) in [7, 11) is 0. The molecule has 2 aliphatic carbocycles. The fourth-order valence-electron chi connectivity index (χ4n) is 6.07. The van der Waals surface area contributed by atoms with E-state index in [1.807, 2.05) is 13.8 Å². The quantitative estimate of drug-likeness (QED) is 0.212. The first-order chi connectivity index (χ1) is 19.7. The van der Waals surface area contributed by atoms with Crippen LogP contribution in [0, 0.1) is 13.8 Å². The topological polar surface area (TPSA) is 74.8 Å². The van der Waals surface area contributed by atoms with Gasteiger partial charge in [0.05, 0.1) is 22.5 Å². The van der Waals surface area contributed by atoms with Crippen molar-refractivity contribution in [3.05, 3.63) is 139 Å². The summed E-state index contributed by atoms with van der Waals surface area (Å²) in [6.07, 6.45) is 0. The molecule has 0 saturated carbocycles. The second kappa shape index (κ2) is 8.99. The average Bonchev–Trinajstić information content (AvgIpc) is 3.27. The van der Waals surface area contributed by atoms with Gasteiger partial charge in [0, 0.05) is 33.4 Å². The Morgan fingerprint density at radius 3 is 1.20 bits per heavy atom. The molecule has 1 heterocycles. The standard InChI is InChI=1S/C33H20Cl2N2O4/c1-16-11-13-22-24(30(40)20-9-5-3-7-18(20)28(22)38)26(16)36-15-37(33(35)32(36)34)27-17(2)12-14-23-25(27)31(41)21-10-6-4-8-19(21)29(23)39/h3-14H,15H2,1-2H3. The number of hydrogen-bond donors (Lipinski definition) is 0. The number of carbonyl (C=O) groups excluding carboxylic acids is 4. The Kier molecular flexibility index (Phi) is 5.58. The molecular formula is C33H20Cl2N2O4. The molecule has 0 atom stereocenters. The first-order valence-electron chi connectivity index (χ1n) is 12.9. The van der Waals surface area contributed by atoms with E-state index in [2.05, 4.69) is 0 Å². The van der Waals surface area contributed by atoms with Crippen molar-refractivity contribution in [2.45, 2.75) is 13.8 Å². The van der Waals surface area contributed by atoms with Crippen molar-refractivity contribution in [3.63, 3.8) is 0 Å². The van der Waals surface area contributed by atoms with E-state index in [1.165, 1.54) is 0 Å². The van der Waals surface area contributed by atoms with E-state index in [0.29, 0.717) is 44.8 Å². The summed E-state index contributed by atoms with van der Waals surface area (Å²) >= 11 is 13.7. The molecule has 0 spiro atoms. The van der Waals surface area contributed by atoms with Crippen LogP contribution in [0.15, 0.2) is 83.1 Å². The van der Waals surface area contributed by atoms with Crippen LogP contribution in [0.2, 0.25) is 0 Å². The predicted molar refractivity (Wildman–Crippen MR) is 158 cm³/mol. The highest BCUT2D eigenvalue weighted by atomic mass is 35.5. The number of rotatable bonds is 2. The van der Waals surface area contributed by atoms with Gasteiger partial charge in [-0.05, 0) is 37.1 Å². The molecule has 8 heteroatoms. The van der Waals surface area contributed by atoms with Crippen molar-refractivity contribution in [1.82, 2.24) is 0 Å². The molecule has 0 bridgehead atoms. The van der Waals surface area contributed by atoms with E-state index < -0.39 is 0 Å². The Labute approximate surface area is 245 Å². The van der Waals surface area contributed by atoms with Gasteiger partial charge in [0.25, 0.3) is 0 Å². The predicted octanol–water partition coefficient (Wildman–Crippen LogP) is 6.74. The van der Waals surface area contributed by atoms with E-state index >= 15 is 0 Å². The van der Waals surface area contributed by atoms with E-state index in [-0.39, 0.29) is 51.2 Å². The van der Waals surface area contributed by atoms with Crippen LogP contribution in [0.5, 0.6) is 0 Å². The summed E-state index contributed by atoms with van der Waals surface area (Å²) in [6.45, 7) is 3.73. The van der Waals surface area contributed by atoms with Gasteiger partial charge >= 0.3 is 0 Å². The third kappa shape index (κ3) is 3.44. The molecule has 7 rings (SSSR count). The summed E-state index contributed by atoms with van der Waals surface area (Å²) < 4.78 is 0. The third-order valence-electron chi connectivity index (χ3n) is 8.00. The van der Waals surface area contributed by atoms with Crippen LogP contribution in [0.25, 0.3) is 0 Å². The van der Waals surface area contributed by atoms with Gasteiger partial charge < -0.3 is 9.80 Å². The molecule has 0 amide bonds. The van der Waals surface area contributed by atoms with Crippen LogP contribution in [-0.4, -0.2) is 29.8 Å². The van der Waals surface area contributed by atoms with E-state index in [1.54, 1.807) is 82.6 Å². The maximum Gasteiger partial charge on any atom is 0.196 e. The summed E-state index contributed by atoms with van der Waals surface area (Å²) in [5.41, 5.74) is 4.85. The Morgan fingerprint density at radius 1 is 0.488 bits per heavy atom. The highest BCUT2D eigenvalue weighted by Crippen LogP contribution is 2.46. The van der Waals surface area contributed by atoms with Gasteiger partial charge in [-0.3, -0.25) is 19.2 Å². The van der Waals surface area contributed by atoms with Gasteiger partial charge in [0.15, 0.2) is 23.1 Å². The molecule has 200 valence electrons. The molecule has 4 aromatic rings. The summed E-state index contributed by atoms with van der Waals surface area (Å²) in [4.78, 5) is 57.8. The second-order valence-electron chi connectivity index (χ2n) is 10.3. The Balaban J connectivity index is 1.38. The number of anilines is 2. The van der Waals surface area contributed by atoms with Gasteiger partial charge in [0.1, 0.15) is 17.0 Å². The highest BCUT2D eigenvalue weighted by Gasteiger charge is 2.40. The van der Waals surface area contributed by atoms with Gasteiger partial charge in [-0.25, -0.2) is 0 Å². The van der Waals surface area contributed by atoms with Crippen LogP contribution in [0.1, 0.15) is 74.8 Å². The summed E-state index contributed by atoms with van der Waals surface area (Å²) in [5.74, 6) is -1.04. The zero-order chi connectivity index (χ0) is 28.7. The SMILES string of the molecule is Cc1ccc2c(c1N1CN(c3c(C)ccc4c3C(=O)c3ccccc3C4=O)C(Cl)=C1Cl)C(=O)c1ccccc1C2=O. The lowest BCUT2D eigenvalue weighted by Gasteiger charge is -2.30. The van der Waals surface area contributed by atoms with Crippen molar-refractivity contribution in [3.8, 4) is 0 Å². The maximum atomic E-state index is 13.8. The number of carbonyl (C=O) groups is 4. The van der Waals surface area contributed by atoms with Crippen LogP contribution in [0.4, 0.5) is 11.4 Å². The fraction of sp³-hybridized carbons (Fsp3) is 0.0909. The van der Waals surface area contributed by atoms with Crippen molar-refractivity contribution >= 4 is 57.7 Å². The van der Waals surface area contributed by atoms with Crippen LogP contribution in [-0.2, 0) is 0 Å².